The third-order valence-corrected chi connectivity index (χ3v) is 4.98. The van der Waals surface area contributed by atoms with E-state index in [2.05, 4.69) is 28.7 Å². The van der Waals surface area contributed by atoms with Gasteiger partial charge in [0.15, 0.2) is 0 Å². The van der Waals surface area contributed by atoms with Crippen LogP contribution in [0.25, 0.3) is 21.5 Å². The van der Waals surface area contributed by atoms with E-state index in [9.17, 15) is 9.90 Å². The van der Waals surface area contributed by atoms with Gasteiger partial charge in [-0.05, 0) is 69.1 Å². The molecular weight excluding hydrogens is 425 g/mol. The molecule has 4 rings (SSSR count). The third-order valence-electron chi connectivity index (χ3n) is 4.26. The number of halogens is 1. The average molecular weight is 439 g/mol. The van der Waals surface area contributed by atoms with E-state index >= 15 is 0 Å². The van der Waals surface area contributed by atoms with Crippen LogP contribution in [0, 0.1) is 3.57 Å². The second kappa shape index (κ2) is 6.37. The van der Waals surface area contributed by atoms with Gasteiger partial charge in [-0.15, -0.1) is 0 Å². The van der Waals surface area contributed by atoms with Gasteiger partial charge in [0.05, 0.1) is 11.4 Å². The Kier molecular flexibility index (Phi) is 4.05. The highest BCUT2D eigenvalue weighted by Crippen LogP contribution is 2.37. The standard InChI is InChI=1S/C21H14INO2/c22-15-9-11-16(12-10-15)23(21(24)25)20-13-14-5-1-2-6-17(14)18-7-3-4-8-19(18)20/h1-13H,(H,24,25). The first kappa shape index (κ1) is 15.9. The molecule has 4 aromatic carbocycles. The van der Waals surface area contributed by atoms with E-state index in [4.69, 9.17) is 0 Å². The van der Waals surface area contributed by atoms with E-state index in [0.29, 0.717) is 11.4 Å². The molecule has 4 aromatic rings. The highest BCUT2D eigenvalue weighted by molar-refractivity contribution is 14.1. The van der Waals surface area contributed by atoms with Crippen molar-refractivity contribution in [1.29, 1.82) is 0 Å². The number of benzene rings is 4. The van der Waals surface area contributed by atoms with Crippen molar-refractivity contribution in [3.8, 4) is 0 Å². The largest absolute Gasteiger partial charge is 0.464 e. The molecule has 0 aliphatic heterocycles. The summed E-state index contributed by atoms with van der Waals surface area (Å²) in [5.41, 5.74) is 1.30. The smallest absolute Gasteiger partial charge is 0.416 e. The molecule has 0 bridgehead atoms. The van der Waals surface area contributed by atoms with Crippen LogP contribution >= 0.6 is 22.6 Å². The minimum atomic E-state index is -0.998. The summed E-state index contributed by atoms with van der Waals surface area (Å²) < 4.78 is 1.06. The van der Waals surface area contributed by atoms with Crippen LogP contribution in [-0.2, 0) is 0 Å². The number of rotatable bonds is 2. The Balaban J connectivity index is 2.05. The summed E-state index contributed by atoms with van der Waals surface area (Å²) in [5.74, 6) is 0. The summed E-state index contributed by atoms with van der Waals surface area (Å²) in [6, 6.07) is 25.4. The molecule has 0 heterocycles. The van der Waals surface area contributed by atoms with Gasteiger partial charge in [0.1, 0.15) is 0 Å². The molecule has 4 heteroatoms. The average Bonchev–Trinajstić information content (AvgIpc) is 2.63. The zero-order valence-corrected chi connectivity index (χ0v) is 15.3. The van der Waals surface area contributed by atoms with Crippen molar-refractivity contribution < 1.29 is 9.90 Å². The molecule has 1 N–H and O–H groups in total. The molecule has 1 amide bonds. The Hall–Kier alpha value is -2.60. The zero-order valence-electron chi connectivity index (χ0n) is 13.2. The highest BCUT2D eigenvalue weighted by atomic mass is 127. The molecule has 0 saturated carbocycles. The second-order valence-corrected chi connectivity index (χ2v) is 7.00. The maximum absolute atomic E-state index is 12.1. The number of anilines is 2. The number of carboxylic acid groups (broad SMARTS) is 1. The molecule has 0 fully saturated rings. The summed E-state index contributed by atoms with van der Waals surface area (Å²) in [7, 11) is 0. The first-order valence-corrected chi connectivity index (χ1v) is 8.92. The number of fused-ring (bicyclic) bond motifs is 3. The Morgan fingerprint density at radius 1 is 0.800 bits per heavy atom. The molecule has 0 aliphatic rings. The lowest BCUT2D eigenvalue weighted by atomic mass is 9.99. The van der Waals surface area contributed by atoms with Crippen molar-refractivity contribution in [3.05, 3.63) is 82.4 Å². The Morgan fingerprint density at radius 2 is 1.40 bits per heavy atom. The van der Waals surface area contributed by atoms with Crippen LogP contribution in [0.3, 0.4) is 0 Å². The molecular formula is C21H14INO2. The van der Waals surface area contributed by atoms with Gasteiger partial charge in [-0.3, -0.25) is 0 Å². The summed E-state index contributed by atoms with van der Waals surface area (Å²) in [6.45, 7) is 0. The number of carbonyl (C=O) groups is 1. The fourth-order valence-corrected chi connectivity index (χ4v) is 3.52. The predicted octanol–water partition coefficient (Wildman–Crippen LogP) is 6.41. The van der Waals surface area contributed by atoms with Crippen LogP contribution in [0.2, 0.25) is 0 Å². The fourth-order valence-electron chi connectivity index (χ4n) is 3.16. The van der Waals surface area contributed by atoms with Gasteiger partial charge in [0, 0.05) is 8.96 Å². The second-order valence-electron chi connectivity index (χ2n) is 5.76. The van der Waals surface area contributed by atoms with Gasteiger partial charge in [-0.1, -0.05) is 48.5 Å². The third kappa shape index (κ3) is 2.82. The van der Waals surface area contributed by atoms with Crippen LogP contribution in [0.15, 0.2) is 78.9 Å². The van der Waals surface area contributed by atoms with Crippen molar-refractivity contribution in [3.63, 3.8) is 0 Å². The molecule has 0 unspecified atom stereocenters. The number of hydrogen-bond donors (Lipinski definition) is 1. The van der Waals surface area contributed by atoms with Gasteiger partial charge in [-0.25, -0.2) is 9.69 Å². The lowest BCUT2D eigenvalue weighted by Crippen LogP contribution is -2.23. The minimum Gasteiger partial charge on any atom is -0.464 e. The fraction of sp³-hybridized carbons (Fsp3) is 0. The van der Waals surface area contributed by atoms with Crippen LogP contribution in [0.5, 0.6) is 0 Å². The molecule has 0 radical (unpaired) electrons. The lowest BCUT2D eigenvalue weighted by Gasteiger charge is -2.22. The van der Waals surface area contributed by atoms with Crippen LogP contribution in [-0.4, -0.2) is 11.2 Å². The van der Waals surface area contributed by atoms with Crippen LogP contribution in [0.4, 0.5) is 16.2 Å². The number of amides is 1. The summed E-state index contributed by atoms with van der Waals surface area (Å²) in [6.07, 6.45) is -0.998. The molecule has 0 saturated heterocycles. The molecule has 0 aromatic heterocycles. The number of hydrogen-bond acceptors (Lipinski definition) is 1. The van der Waals surface area contributed by atoms with Crippen molar-refractivity contribution in [2.24, 2.45) is 0 Å². The normalized spacial score (nSPS) is 10.9. The maximum atomic E-state index is 12.1. The first-order chi connectivity index (χ1) is 12.1. The first-order valence-electron chi connectivity index (χ1n) is 7.84. The van der Waals surface area contributed by atoms with Crippen LogP contribution < -0.4 is 4.90 Å². The van der Waals surface area contributed by atoms with E-state index in [1.54, 1.807) is 0 Å². The van der Waals surface area contributed by atoms with Gasteiger partial charge in [-0.2, -0.15) is 0 Å². The zero-order chi connectivity index (χ0) is 17.4. The predicted molar refractivity (Wildman–Crippen MR) is 111 cm³/mol. The molecule has 25 heavy (non-hydrogen) atoms. The van der Waals surface area contributed by atoms with E-state index in [1.165, 1.54) is 4.90 Å². The van der Waals surface area contributed by atoms with Gasteiger partial charge in [0.2, 0.25) is 0 Å². The molecule has 0 atom stereocenters. The monoisotopic (exact) mass is 439 g/mol. The van der Waals surface area contributed by atoms with E-state index in [1.807, 2.05) is 72.8 Å². The number of nitrogens with zero attached hydrogens (tertiary/aromatic N) is 1. The Bertz CT molecular complexity index is 1090. The quantitative estimate of drug-likeness (QED) is 0.290. The van der Waals surface area contributed by atoms with E-state index in [0.717, 1.165) is 25.1 Å². The summed E-state index contributed by atoms with van der Waals surface area (Å²) in [5, 5.41) is 14.0. The Morgan fingerprint density at radius 3 is 2.08 bits per heavy atom. The van der Waals surface area contributed by atoms with E-state index in [-0.39, 0.29) is 0 Å². The van der Waals surface area contributed by atoms with Gasteiger partial charge in [0.25, 0.3) is 0 Å². The Labute approximate surface area is 158 Å². The van der Waals surface area contributed by atoms with Gasteiger partial charge >= 0.3 is 6.09 Å². The maximum Gasteiger partial charge on any atom is 0.416 e. The topological polar surface area (TPSA) is 40.5 Å². The van der Waals surface area contributed by atoms with Crippen molar-refractivity contribution in [2.75, 3.05) is 4.90 Å². The van der Waals surface area contributed by atoms with Crippen molar-refractivity contribution >= 4 is 61.6 Å². The molecule has 0 aliphatic carbocycles. The minimum absolute atomic E-state index is 0.633. The highest BCUT2D eigenvalue weighted by Gasteiger charge is 2.20. The summed E-state index contributed by atoms with van der Waals surface area (Å²) >= 11 is 2.21. The van der Waals surface area contributed by atoms with Crippen molar-refractivity contribution in [1.82, 2.24) is 0 Å². The van der Waals surface area contributed by atoms with Gasteiger partial charge < -0.3 is 5.11 Å². The lowest BCUT2D eigenvalue weighted by molar-refractivity contribution is 0.205. The van der Waals surface area contributed by atoms with E-state index < -0.39 is 6.09 Å². The van der Waals surface area contributed by atoms with Crippen LogP contribution in [0.1, 0.15) is 0 Å². The molecule has 3 nitrogen and oxygen atoms in total. The molecule has 122 valence electrons. The summed E-state index contributed by atoms with van der Waals surface area (Å²) in [4.78, 5) is 13.4. The van der Waals surface area contributed by atoms with Crippen molar-refractivity contribution in [2.45, 2.75) is 0 Å². The SMILES string of the molecule is O=C(O)N(c1ccc(I)cc1)c1cc2ccccc2c2ccccc12. The molecule has 0 spiro atoms.